The summed E-state index contributed by atoms with van der Waals surface area (Å²) in [6, 6.07) is 4.29. The van der Waals surface area contributed by atoms with Crippen LogP contribution in [-0.4, -0.2) is 78.1 Å². The van der Waals surface area contributed by atoms with E-state index in [-0.39, 0.29) is 18.7 Å². The van der Waals surface area contributed by atoms with Gasteiger partial charge in [0.05, 0.1) is 11.1 Å². The second-order valence-corrected chi connectivity index (χ2v) is 7.57. The summed E-state index contributed by atoms with van der Waals surface area (Å²) in [4.78, 5) is 54.6. The van der Waals surface area contributed by atoms with Crippen molar-refractivity contribution in [3.05, 3.63) is 29.3 Å². The number of carbonyl (C=O) groups is 4. The van der Waals surface area contributed by atoms with E-state index >= 15 is 0 Å². The van der Waals surface area contributed by atoms with Gasteiger partial charge >= 0.3 is 0 Å². The number of fused-ring (bicyclic) bond motifs is 1. The number of hydrogen-bond acceptors (Lipinski definition) is 6. The maximum Gasteiger partial charge on any atom is 0.262 e. The van der Waals surface area contributed by atoms with Crippen molar-refractivity contribution >= 4 is 40.9 Å². The van der Waals surface area contributed by atoms with Gasteiger partial charge in [-0.1, -0.05) is 0 Å². The predicted molar refractivity (Wildman–Crippen MR) is 102 cm³/mol. The number of halogens is 1. The molecule has 4 rings (SSSR count). The number of benzene rings is 1. The molecule has 1 aromatic carbocycles. The molecule has 0 radical (unpaired) electrons. The minimum atomic E-state index is -0.937. The number of alkyl halides is 1. The number of carbonyl (C=O) groups excluding carboxylic acids is 4. The van der Waals surface area contributed by atoms with Crippen LogP contribution in [0.2, 0.25) is 0 Å². The molecule has 1 N–H and O–H groups in total. The standard InChI is InChI=1S/C19H21ClN4O4/c20-5-6-22-7-9-23(10-8-22)12-1-2-13-14(11-12)19(28)24(18(13)27)15-3-4-16(25)21-17(15)26/h1-2,11,15H,3-10H2,(H,21,25,26). The molecule has 2 fully saturated rings. The van der Waals surface area contributed by atoms with Crippen LogP contribution in [0.15, 0.2) is 18.2 Å². The molecule has 2 saturated heterocycles. The van der Waals surface area contributed by atoms with Gasteiger partial charge in [-0.05, 0) is 24.6 Å². The third kappa shape index (κ3) is 3.27. The zero-order valence-electron chi connectivity index (χ0n) is 15.3. The molecule has 0 bridgehead atoms. The monoisotopic (exact) mass is 404 g/mol. The second-order valence-electron chi connectivity index (χ2n) is 7.19. The van der Waals surface area contributed by atoms with Crippen LogP contribution in [0.1, 0.15) is 33.6 Å². The Morgan fingerprint density at radius 3 is 2.39 bits per heavy atom. The largest absolute Gasteiger partial charge is 0.369 e. The number of hydrogen-bond donors (Lipinski definition) is 1. The summed E-state index contributed by atoms with van der Waals surface area (Å²) in [6.07, 6.45) is 0.271. The van der Waals surface area contributed by atoms with Crippen LogP contribution in [0.4, 0.5) is 5.69 Å². The summed E-state index contributed by atoms with van der Waals surface area (Å²) in [7, 11) is 0. The summed E-state index contributed by atoms with van der Waals surface area (Å²) in [5.41, 5.74) is 1.50. The second kappa shape index (κ2) is 7.52. The Morgan fingerprint density at radius 2 is 1.71 bits per heavy atom. The van der Waals surface area contributed by atoms with Crippen LogP contribution >= 0.6 is 11.6 Å². The molecule has 3 heterocycles. The first-order valence-corrected chi connectivity index (χ1v) is 9.92. The van der Waals surface area contributed by atoms with Gasteiger partial charge in [0, 0.05) is 50.7 Å². The highest BCUT2D eigenvalue weighted by Gasteiger charge is 2.44. The van der Waals surface area contributed by atoms with E-state index in [1.54, 1.807) is 12.1 Å². The molecule has 3 aliphatic heterocycles. The third-order valence-corrected chi connectivity index (χ3v) is 5.73. The number of amides is 4. The van der Waals surface area contributed by atoms with E-state index in [0.29, 0.717) is 17.0 Å². The van der Waals surface area contributed by atoms with Gasteiger partial charge in [-0.2, -0.15) is 0 Å². The molecule has 1 aromatic rings. The lowest BCUT2D eigenvalue weighted by Gasteiger charge is -2.35. The first-order valence-electron chi connectivity index (χ1n) is 9.38. The van der Waals surface area contributed by atoms with Gasteiger partial charge in [0.2, 0.25) is 11.8 Å². The van der Waals surface area contributed by atoms with Gasteiger partial charge in [0.25, 0.3) is 11.8 Å². The lowest BCUT2D eigenvalue weighted by molar-refractivity contribution is -0.136. The van der Waals surface area contributed by atoms with E-state index in [9.17, 15) is 19.2 Å². The molecule has 3 aliphatic rings. The van der Waals surface area contributed by atoms with Crippen molar-refractivity contribution in [2.24, 2.45) is 0 Å². The van der Waals surface area contributed by atoms with Gasteiger partial charge < -0.3 is 4.90 Å². The van der Waals surface area contributed by atoms with Gasteiger partial charge in [-0.3, -0.25) is 34.3 Å². The summed E-state index contributed by atoms with van der Waals surface area (Å²) < 4.78 is 0. The van der Waals surface area contributed by atoms with Gasteiger partial charge in [-0.25, -0.2) is 0 Å². The van der Waals surface area contributed by atoms with E-state index in [4.69, 9.17) is 11.6 Å². The van der Waals surface area contributed by atoms with Crippen molar-refractivity contribution < 1.29 is 19.2 Å². The van der Waals surface area contributed by atoms with Crippen molar-refractivity contribution in [1.82, 2.24) is 15.1 Å². The number of piperidine rings is 1. The quantitative estimate of drug-likeness (QED) is 0.579. The minimum absolute atomic E-state index is 0.113. The number of anilines is 1. The summed E-state index contributed by atoms with van der Waals surface area (Å²) in [5, 5.41) is 2.21. The van der Waals surface area contributed by atoms with E-state index < -0.39 is 23.8 Å². The van der Waals surface area contributed by atoms with Crippen LogP contribution in [0, 0.1) is 0 Å². The topological polar surface area (TPSA) is 90.0 Å². The maximum atomic E-state index is 12.9. The first kappa shape index (κ1) is 18.9. The number of rotatable bonds is 4. The summed E-state index contributed by atoms with van der Waals surface area (Å²) in [5.74, 6) is -1.33. The summed E-state index contributed by atoms with van der Waals surface area (Å²) >= 11 is 5.80. The van der Waals surface area contributed by atoms with Crippen molar-refractivity contribution in [2.75, 3.05) is 43.5 Å². The molecule has 148 valence electrons. The Balaban J connectivity index is 1.53. The Hall–Kier alpha value is -2.45. The van der Waals surface area contributed by atoms with Crippen LogP contribution in [0.3, 0.4) is 0 Å². The lowest BCUT2D eigenvalue weighted by atomic mass is 10.0. The molecule has 9 heteroatoms. The Bertz CT molecular complexity index is 850. The van der Waals surface area contributed by atoms with E-state index in [1.165, 1.54) is 0 Å². The van der Waals surface area contributed by atoms with Crippen molar-refractivity contribution in [1.29, 1.82) is 0 Å². The fraction of sp³-hybridized carbons (Fsp3) is 0.474. The van der Waals surface area contributed by atoms with Crippen molar-refractivity contribution in [3.63, 3.8) is 0 Å². The smallest absolute Gasteiger partial charge is 0.262 e. The van der Waals surface area contributed by atoms with Crippen LogP contribution in [-0.2, 0) is 9.59 Å². The molecule has 28 heavy (non-hydrogen) atoms. The minimum Gasteiger partial charge on any atom is -0.369 e. The van der Waals surface area contributed by atoms with Crippen LogP contribution in [0.5, 0.6) is 0 Å². The highest BCUT2D eigenvalue weighted by molar-refractivity contribution is 6.23. The molecule has 8 nitrogen and oxygen atoms in total. The van der Waals surface area contributed by atoms with Gasteiger partial charge in [-0.15, -0.1) is 11.6 Å². The van der Waals surface area contributed by atoms with Gasteiger partial charge in [0.1, 0.15) is 6.04 Å². The SMILES string of the molecule is O=C1CCC(N2C(=O)c3ccc(N4CCN(CCCl)CC4)cc3C2=O)C(=O)N1. The van der Waals surface area contributed by atoms with E-state index in [2.05, 4.69) is 15.1 Å². The molecule has 0 saturated carbocycles. The lowest BCUT2D eigenvalue weighted by Crippen LogP contribution is -2.54. The Labute approximate surface area is 167 Å². The van der Waals surface area contributed by atoms with Crippen LogP contribution in [0.25, 0.3) is 0 Å². The average Bonchev–Trinajstić information content (AvgIpc) is 2.93. The zero-order chi connectivity index (χ0) is 19.8. The molecule has 0 spiro atoms. The molecule has 4 amide bonds. The molecule has 0 aliphatic carbocycles. The van der Waals surface area contributed by atoms with Crippen molar-refractivity contribution in [3.8, 4) is 0 Å². The number of nitrogens with one attached hydrogen (secondary N) is 1. The highest BCUT2D eigenvalue weighted by Crippen LogP contribution is 2.31. The Kier molecular flexibility index (Phi) is 5.07. The highest BCUT2D eigenvalue weighted by atomic mass is 35.5. The average molecular weight is 405 g/mol. The molecule has 1 atom stereocenters. The van der Waals surface area contributed by atoms with Gasteiger partial charge in [0.15, 0.2) is 0 Å². The fourth-order valence-corrected chi connectivity index (χ4v) is 4.24. The number of imide groups is 2. The predicted octanol–water partition coefficient (Wildman–Crippen LogP) is 0.449. The fourth-order valence-electron chi connectivity index (χ4n) is 4.00. The van der Waals surface area contributed by atoms with E-state index in [0.717, 1.165) is 43.3 Å². The summed E-state index contributed by atoms with van der Waals surface area (Å²) in [6.45, 7) is 4.26. The zero-order valence-corrected chi connectivity index (χ0v) is 16.1. The molecule has 0 aromatic heterocycles. The maximum absolute atomic E-state index is 12.9. The number of piperazine rings is 1. The van der Waals surface area contributed by atoms with E-state index in [1.807, 2.05) is 6.07 Å². The normalized spacial score (nSPS) is 23.2. The van der Waals surface area contributed by atoms with Crippen LogP contribution < -0.4 is 10.2 Å². The first-order chi connectivity index (χ1) is 13.5. The third-order valence-electron chi connectivity index (χ3n) is 5.56. The van der Waals surface area contributed by atoms with Crippen molar-refractivity contribution in [2.45, 2.75) is 18.9 Å². The molecule has 1 unspecified atom stereocenters. The number of nitrogens with zero attached hydrogens (tertiary/aromatic N) is 3. The molecular weight excluding hydrogens is 384 g/mol. The Morgan fingerprint density at radius 1 is 1.00 bits per heavy atom. The molecular formula is C19H21ClN4O4.